The minimum Gasteiger partial charge on any atom is -0.355 e. The highest BCUT2D eigenvalue weighted by Crippen LogP contribution is 2.33. The van der Waals surface area contributed by atoms with Gasteiger partial charge in [0.2, 0.25) is 5.95 Å². The van der Waals surface area contributed by atoms with E-state index in [9.17, 15) is 4.79 Å². The Morgan fingerprint density at radius 1 is 1.13 bits per heavy atom. The largest absolute Gasteiger partial charge is 0.355 e. The Hall–Kier alpha value is -2.18. The second kappa shape index (κ2) is 9.75. The number of aryl methyl sites for hydroxylation is 3. The van der Waals surface area contributed by atoms with Gasteiger partial charge < -0.3 is 10.2 Å². The maximum atomic E-state index is 13.6. The number of aromatic nitrogens is 2. The molecule has 30 heavy (non-hydrogen) atoms. The number of hydrogen-bond donors (Lipinski definition) is 1. The Labute approximate surface area is 182 Å². The standard InChI is InChI=1S/C24H32N4OS/c1-27(2)16-9-15-25-24-26-22-21(19-12-7-4-8-13-20(19)30-22)23(29)28(24)17-14-18-10-5-3-6-11-18/h3,5-6,10-11H,4,7-9,12-17H2,1-2H3,(H,25,26). The maximum absolute atomic E-state index is 13.6. The summed E-state index contributed by atoms with van der Waals surface area (Å²) in [6.45, 7) is 2.47. The van der Waals surface area contributed by atoms with Crippen molar-refractivity contribution < 1.29 is 0 Å². The molecule has 160 valence electrons. The third-order valence-electron chi connectivity index (χ3n) is 5.86. The zero-order valence-electron chi connectivity index (χ0n) is 18.1. The molecule has 0 saturated carbocycles. The zero-order chi connectivity index (χ0) is 20.9. The summed E-state index contributed by atoms with van der Waals surface area (Å²) in [6, 6.07) is 10.4. The van der Waals surface area contributed by atoms with E-state index in [0.717, 1.165) is 54.9 Å². The minimum absolute atomic E-state index is 0.130. The average Bonchev–Trinajstić information content (AvgIpc) is 2.92. The number of thiophene rings is 1. The van der Waals surface area contributed by atoms with Crippen molar-refractivity contribution >= 4 is 27.5 Å². The fourth-order valence-electron chi connectivity index (χ4n) is 4.24. The monoisotopic (exact) mass is 424 g/mol. The molecule has 1 aromatic carbocycles. The molecule has 0 unspecified atom stereocenters. The molecule has 6 heteroatoms. The van der Waals surface area contributed by atoms with Crippen LogP contribution >= 0.6 is 11.3 Å². The fourth-order valence-corrected chi connectivity index (χ4v) is 5.49. The first-order valence-corrected chi connectivity index (χ1v) is 11.9. The number of nitrogens with zero attached hydrogens (tertiary/aromatic N) is 3. The molecule has 0 atom stereocenters. The molecule has 0 spiro atoms. The minimum atomic E-state index is 0.130. The molecular weight excluding hydrogens is 392 g/mol. The Balaban J connectivity index is 1.68. The van der Waals surface area contributed by atoms with Crippen LogP contribution in [0.15, 0.2) is 35.1 Å². The topological polar surface area (TPSA) is 50.2 Å². The van der Waals surface area contributed by atoms with Gasteiger partial charge in [-0.3, -0.25) is 9.36 Å². The lowest BCUT2D eigenvalue weighted by molar-refractivity contribution is 0.405. The van der Waals surface area contributed by atoms with Crippen molar-refractivity contribution in [3.63, 3.8) is 0 Å². The summed E-state index contributed by atoms with van der Waals surface area (Å²) in [5.74, 6) is 0.721. The van der Waals surface area contributed by atoms with Crippen molar-refractivity contribution in [2.75, 3.05) is 32.5 Å². The van der Waals surface area contributed by atoms with Crippen molar-refractivity contribution in [2.24, 2.45) is 0 Å². The van der Waals surface area contributed by atoms with E-state index >= 15 is 0 Å². The van der Waals surface area contributed by atoms with Crippen LogP contribution in [0.2, 0.25) is 0 Å². The summed E-state index contributed by atoms with van der Waals surface area (Å²) in [5.41, 5.74) is 2.65. The number of fused-ring (bicyclic) bond motifs is 3. The Morgan fingerprint density at radius 2 is 1.93 bits per heavy atom. The number of anilines is 1. The highest BCUT2D eigenvalue weighted by molar-refractivity contribution is 7.18. The molecular formula is C24H32N4OS. The maximum Gasteiger partial charge on any atom is 0.263 e. The summed E-state index contributed by atoms with van der Waals surface area (Å²) in [4.78, 5) is 23.1. The van der Waals surface area contributed by atoms with Gasteiger partial charge in [-0.1, -0.05) is 36.8 Å². The van der Waals surface area contributed by atoms with Crippen molar-refractivity contribution in [3.05, 3.63) is 56.7 Å². The van der Waals surface area contributed by atoms with E-state index in [4.69, 9.17) is 4.98 Å². The molecule has 1 aliphatic rings. The zero-order valence-corrected chi connectivity index (χ0v) is 18.9. The predicted octanol–water partition coefficient (Wildman–Crippen LogP) is 4.33. The van der Waals surface area contributed by atoms with Crippen LogP contribution in [-0.2, 0) is 25.8 Å². The lowest BCUT2D eigenvalue weighted by Gasteiger charge is -2.15. The highest BCUT2D eigenvalue weighted by Gasteiger charge is 2.21. The lowest BCUT2D eigenvalue weighted by atomic mass is 10.1. The number of nitrogens with one attached hydrogen (secondary N) is 1. The van der Waals surface area contributed by atoms with Crippen LogP contribution in [0, 0.1) is 0 Å². The Kier molecular flexibility index (Phi) is 6.85. The molecule has 0 radical (unpaired) electrons. The van der Waals surface area contributed by atoms with Crippen LogP contribution < -0.4 is 10.9 Å². The molecule has 0 saturated heterocycles. The van der Waals surface area contributed by atoms with Crippen molar-refractivity contribution in [3.8, 4) is 0 Å². The third-order valence-corrected chi connectivity index (χ3v) is 7.04. The number of hydrogen-bond acceptors (Lipinski definition) is 5. The van der Waals surface area contributed by atoms with Crippen LogP contribution in [0.3, 0.4) is 0 Å². The Bertz CT molecular complexity index is 1040. The summed E-state index contributed by atoms with van der Waals surface area (Å²) < 4.78 is 1.88. The van der Waals surface area contributed by atoms with Crippen LogP contribution in [0.25, 0.3) is 10.2 Å². The first kappa shape index (κ1) is 21.1. The summed E-state index contributed by atoms with van der Waals surface area (Å²) in [5, 5.41) is 4.34. The van der Waals surface area contributed by atoms with Gasteiger partial charge >= 0.3 is 0 Å². The molecule has 3 aromatic rings. The van der Waals surface area contributed by atoms with Crippen molar-refractivity contribution in [1.29, 1.82) is 0 Å². The van der Waals surface area contributed by atoms with Crippen molar-refractivity contribution in [1.82, 2.24) is 14.5 Å². The number of rotatable bonds is 8. The highest BCUT2D eigenvalue weighted by atomic mass is 32.1. The molecule has 5 nitrogen and oxygen atoms in total. The SMILES string of the molecule is CN(C)CCCNc1nc2sc3c(c2c(=O)n1CCc1ccccc1)CCCCC3. The molecule has 2 heterocycles. The summed E-state index contributed by atoms with van der Waals surface area (Å²) >= 11 is 1.74. The van der Waals surface area contributed by atoms with E-state index in [-0.39, 0.29) is 5.56 Å². The molecule has 1 aliphatic carbocycles. The van der Waals surface area contributed by atoms with Gasteiger partial charge in [0.05, 0.1) is 5.39 Å². The molecule has 0 aliphatic heterocycles. The van der Waals surface area contributed by atoms with E-state index in [0.29, 0.717) is 6.54 Å². The van der Waals surface area contributed by atoms with Gasteiger partial charge in [0.1, 0.15) is 4.83 Å². The van der Waals surface area contributed by atoms with E-state index in [1.165, 1.54) is 35.3 Å². The van der Waals surface area contributed by atoms with E-state index in [1.54, 1.807) is 11.3 Å². The summed E-state index contributed by atoms with van der Waals surface area (Å²) in [7, 11) is 4.16. The third kappa shape index (κ3) is 4.76. The van der Waals surface area contributed by atoms with Crippen LogP contribution in [0.5, 0.6) is 0 Å². The van der Waals surface area contributed by atoms with E-state index < -0.39 is 0 Å². The fraction of sp³-hybridized carbons (Fsp3) is 0.500. The summed E-state index contributed by atoms with van der Waals surface area (Å²) in [6.07, 6.45) is 7.59. The van der Waals surface area contributed by atoms with Crippen LogP contribution in [0.4, 0.5) is 5.95 Å². The van der Waals surface area contributed by atoms with Crippen LogP contribution in [-0.4, -0.2) is 41.6 Å². The molecule has 4 rings (SSSR count). The average molecular weight is 425 g/mol. The van der Waals surface area contributed by atoms with Gasteiger partial charge in [0.25, 0.3) is 5.56 Å². The predicted molar refractivity (Wildman–Crippen MR) is 127 cm³/mol. The van der Waals surface area contributed by atoms with E-state index in [2.05, 4.69) is 48.6 Å². The molecule has 0 bridgehead atoms. The van der Waals surface area contributed by atoms with Gasteiger partial charge in [-0.2, -0.15) is 0 Å². The van der Waals surface area contributed by atoms with Crippen LogP contribution in [0.1, 0.15) is 41.7 Å². The molecule has 0 amide bonds. The quantitative estimate of drug-likeness (QED) is 0.432. The van der Waals surface area contributed by atoms with Crippen molar-refractivity contribution in [2.45, 2.75) is 51.5 Å². The molecule has 1 N–H and O–H groups in total. The van der Waals surface area contributed by atoms with Gasteiger partial charge in [-0.15, -0.1) is 11.3 Å². The first-order chi connectivity index (χ1) is 14.6. The van der Waals surface area contributed by atoms with Gasteiger partial charge in [0.15, 0.2) is 0 Å². The lowest BCUT2D eigenvalue weighted by Crippen LogP contribution is -2.27. The van der Waals surface area contributed by atoms with Gasteiger partial charge in [-0.05, 0) is 70.3 Å². The second-order valence-corrected chi connectivity index (χ2v) is 9.54. The first-order valence-electron chi connectivity index (χ1n) is 11.1. The van der Waals surface area contributed by atoms with E-state index in [1.807, 2.05) is 10.6 Å². The van der Waals surface area contributed by atoms with Gasteiger partial charge in [-0.25, -0.2) is 4.98 Å². The Morgan fingerprint density at radius 3 is 2.73 bits per heavy atom. The molecule has 2 aromatic heterocycles. The molecule has 0 fully saturated rings. The number of benzene rings is 1. The second-order valence-electron chi connectivity index (χ2n) is 8.46. The normalized spacial score (nSPS) is 14.1. The van der Waals surface area contributed by atoms with Gasteiger partial charge in [0, 0.05) is 18.0 Å². The smallest absolute Gasteiger partial charge is 0.263 e.